The van der Waals surface area contributed by atoms with Gasteiger partial charge in [0, 0.05) is 44.4 Å². The summed E-state index contributed by atoms with van der Waals surface area (Å²) in [5.74, 6) is 2.66. The Morgan fingerprint density at radius 3 is 2.57 bits per heavy atom. The van der Waals surface area contributed by atoms with Crippen molar-refractivity contribution in [3.05, 3.63) is 48.0 Å². The minimum Gasteiger partial charge on any atom is -0.497 e. The number of fused-ring (bicyclic) bond motifs is 1. The van der Waals surface area contributed by atoms with Crippen LogP contribution in [-0.2, 0) is 11.2 Å². The van der Waals surface area contributed by atoms with Gasteiger partial charge in [-0.3, -0.25) is 4.79 Å². The number of amides is 1. The second-order valence-electron chi connectivity index (χ2n) is 7.05. The monoisotopic (exact) mass is 382 g/mol. The van der Waals surface area contributed by atoms with Crippen LogP contribution in [0.1, 0.15) is 12.0 Å². The van der Waals surface area contributed by atoms with Crippen LogP contribution in [0.5, 0.6) is 17.2 Å². The van der Waals surface area contributed by atoms with Crippen molar-refractivity contribution in [3.63, 3.8) is 0 Å². The van der Waals surface area contributed by atoms with Gasteiger partial charge in [-0.15, -0.1) is 0 Å². The number of aryl methyl sites for hydroxylation is 1. The zero-order valence-electron chi connectivity index (χ0n) is 16.2. The largest absolute Gasteiger partial charge is 0.497 e. The van der Waals surface area contributed by atoms with Gasteiger partial charge < -0.3 is 24.0 Å². The highest BCUT2D eigenvalue weighted by Crippen LogP contribution is 2.34. The van der Waals surface area contributed by atoms with Gasteiger partial charge in [0.25, 0.3) is 0 Å². The lowest BCUT2D eigenvalue weighted by atomic mass is 10.1. The Balaban J connectivity index is 1.29. The Kier molecular flexibility index (Phi) is 5.55. The number of hydrogen-bond donors (Lipinski definition) is 0. The number of methoxy groups -OCH3 is 1. The van der Waals surface area contributed by atoms with E-state index in [2.05, 4.69) is 11.0 Å². The molecule has 0 radical (unpaired) electrons. The second-order valence-corrected chi connectivity index (χ2v) is 7.05. The predicted octanol–water partition coefficient (Wildman–Crippen LogP) is 2.75. The molecular weight excluding hydrogens is 356 g/mol. The minimum atomic E-state index is 0.213. The van der Waals surface area contributed by atoms with Gasteiger partial charge in [0.15, 0.2) is 11.5 Å². The smallest absolute Gasteiger partial charge is 0.223 e. The molecule has 1 fully saturated rings. The summed E-state index contributed by atoms with van der Waals surface area (Å²) in [6.07, 6.45) is 1.26. The topological polar surface area (TPSA) is 51.2 Å². The summed E-state index contributed by atoms with van der Waals surface area (Å²) in [6, 6.07) is 14.0. The van der Waals surface area contributed by atoms with Crippen LogP contribution in [-0.4, -0.2) is 57.3 Å². The van der Waals surface area contributed by atoms with Crippen molar-refractivity contribution >= 4 is 11.6 Å². The molecular formula is C22H26N2O4. The first-order valence-corrected chi connectivity index (χ1v) is 9.78. The third-order valence-corrected chi connectivity index (χ3v) is 5.28. The van der Waals surface area contributed by atoms with Crippen molar-refractivity contribution in [2.45, 2.75) is 12.8 Å². The van der Waals surface area contributed by atoms with E-state index in [9.17, 15) is 4.79 Å². The van der Waals surface area contributed by atoms with Gasteiger partial charge in [-0.25, -0.2) is 0 Å². The Morgan fingerprint density at radius 1 is 1.00 bits per heavy atom. The van der Waals surface area contributed by atoms with Crippen LogP contribution in [0.2, 0.25) is 0 Å². The summed E-state index contributed by atoms with van der Waals surface area (Å²) < 4.78 is 16.5. The first kappa shape index (κ1) is 18.5. The molecule has 2 aliphatic rings. The molecule has 0 spiro atoms. The zero-order valence-corrected chi connectivity index (χ0v) is 16.2. The third-order valence-electron chi connectivity index (χ3n) is 5.28. The van der Waals surface area contributed by atoms with Crippen LogP contribution in [0.3, 0.4) is 0 Å². The number of hydrogen-bond acceptors (Lipinski definition) is 5. The number of carbonyl (C=O) groups is 1. The van der Waals surface area contributed by atoms with E-state index in [0.717, 1.165) is 61.1 Å². The maximum absolute atomic E-state index is 12.6. The van der Waals surface area contributed by atoms with Crippen molar-refractivity contribution in [2.75, 3.05) is 51.4 Å². The van der Waals surface area contributed by atoms with Crippen molar-refractivity contribution in [1.82, 2.24) is 4.90 Å². The highest BCUT2D eigenvalue weighted by molar-refractivity contribution is 5.77. The maximum atomic E-state index is 12.6. The number of nitrogens with zero attached hydrogens (tertiary/aromatic N) is 2. The maximum Gasteiger partial charge on any atom is 0.223 e. The summed E-state index contributed by atoms with van der Waals surface area (Å²) in [6.45, 7) is 4.32. The fraction of sp³-hybridized carbons (Fsp3) is 0.409. The van der Waals surface area contributed by atoms with Crippen LogP contribution in [0, 0.1) is 0 Å². The highest BCUT2D eigenvalue weighted by atomic mass is 16.6. The molecule has 1 amide bonds. The molecule has 0 N–H and O–H groups in total. The standard InChI is InChI=1S/C22H26N2O4/c1-26-19-4-2-3-17(15-19)5-8-22(25)24-11-9-23(10-12-24)18-6-7-20-21(16-18)28-14-13-27-20/h2-4,6-7,15-16H,5,8-14H2,1H3. The number of anilines is 1. The Morgan fingerprint density at radius 2 is 1.79 bits per heavy atom. The van der Waals surface area contributed by atoms with Gasteiger partial charge in [0.1, 0.15) is 19.0 Å². The minimum absolute atomic E-state index is 0.213. The molecule has 0 aliphatic carbocycles. The van der Waals surface area contributed by atoms with Crippen molar-refractivity contribution in [1.29, 1.82) is 0 Å². The van der Waals surface area contributed by atoms with E-state index in [-0.39, 0.29) is 5.91 Å². The van der Waals surface area contributed by atoms with Gasteiger partial charge in [0.2, 0.25) is 5.91 Å². The molecule has 0 atom stereocenters. The molecule has 0 unspecified atom stereocenters. The average molecular weight is 382 g/mol. The predicted molar refractivity (Wildman–Crippen MR) is 108 cm³/mol. The first-order chi connectivity index (χ1) is 13.7. The molecule has 4 rings (SSSR count). The molecule has 1 saturated heterocycles. The number of carbonyl (C=O) groups excluding carboxylic acids is 1. The van der Waals surface area contributed by atoms with Crippen molar-refractivity contribution in [3.8, 4) is 17.2 Å². The molecule has 6 nitrogen and oxygen atoms in total. The summed E-state index contributed by atoms with van der Waals surface area (Å²) in [7, 11) is 1.66. The quantitative estimate of drug-likeness (QED) is 0.796. The Labute approximate surface area is 165 Å². The van der Waals surface area contributed by atoms with Crippen LogP contribution in [0.25, 0.3) is 0 Å². The third kappa shape index (κ3) is 4.16. The molecule has 2 aromatic carbocycles. The molecule has 2 aromatic rings. The summed E-state index contributed by atoms with van der Waals surface area (Å²) >= 11 is 0. The fourth-order valence-corrected chi connectivity index (χ4v) is 3.68. The first-order valence-electron chi connectivity index (χ1n) is 9.78. The molecule has 0 aromatic heterocycles. The normalized spacial score (nSPS) is 16.0. The van der Waals surface area contributed by atoms with E-state index in [0.29, 0.717) is 19.6 Å². The fourth-order valence-electron chi connectivity index (χ4n) is 3.68. The number of benzene rings is 2. The van der Waals surface area contributed by atoms with E-state index in [1.165, 1.54) is 0 Å². The average Bonchev–Trinajstić information content (AvgIpc) is 2.77. The molecule has 148 valence electrons. The van der Waals surface area contributed by atoms with E-state index in [1.54, 1.807) is 7.11 Å². The lowest BCUT2D eigenvalue weighted by Gasteiger charge is -2.36. The van der Waals surface area contributed by atoms with Gasteiger partial charge >= 0.3 is 0 Å². The summed E-state index contributed by atoms with van der Waals surface area (Å²) in [5.41, 5.74) is 2.25. The zero-order chi connectivity index (χ0) is 19.3. The van der Waals surface area contributed by atoms with E-state index >= 15 is 0 Å². The van der Waals surface area contributed by atoms with Gasteiger partial charge in [-0.2, -0.15) is 0 Å². The van der Waals surface area contributed by atoms with Crippen molar-refractivity contribution in [2.24, 2.45) is 0 Å². The number of ether oxygens (including phenoxy) is 3. The summed E-state index contributed by atoms with van der Waals surface area (Å²) in [5, 5.41) is 0. The van der Waals surface area contributed by atoms with E-state index in [1.807, 2.05) is 41.3 Å². The SMILES string of the molecule is COc1cccc(CCC(=O)N2CCN(c3ccc4c(c3)OCCO4)CC2)c1. The highest BCUT2D eigenvalue weighted by Gasteiger charge is 2.22. The van der Waals surface area contributed by atoms with Gasteiger partial charge in [0.05, 0.1) is 7.11 Å². The Bertz CT molecular complexity index is 831. The lowest BCUT2D eigenvalue weighted by Crippen LogP contribution is -2.48. The van der Waals surface area contributed by atoms with Crippen LogP contribution in [0.15, 0.2) is 42.5 Å². The second kappa shape index (κ2) is 8.42. The van der Waals surface area contributed by atoms with E-state index in [4.69, 9.17) is 14.2 Å². The van der Waals surface area contributed by atoms with Crippen LogP contribution in [0.4, 0.5) is 5.69 Å². The summed E-state index contributed by atoms with van der Waals surface area (Å²) in [4.78, 5) is 16.9. The van der Waals surface area contributed by atoms with Crippen LogP contribution >= 0.6 is 0 Å². The van der Waals surface area contributed by atoms with Gasteiger partial charge in [-0.1, -0.05) is 12.1 Å². The molecule has 28 heavy (non-hydrogen) atoms. The number of rotatable bonds is 5. The molecule has 2 aliphatic heterocycles. The van der Waals surface area contributed by atoms with Gasteiger partial charge in [-0.05, 0) is 36.2 Å². The molecule has 0 saturated carbocycles. The molecule has 0 bridgehead atoms. The molecule has 2 heterocycles. The number of piperazine rings is 1. The lowest BCUT2D eigenvalue weighted by molar-refractivity contribution is -0.131. The van der Waals surface area contributed by atoms with Crippen LogP contribution < -0.4 is 19.1 Å². The Hall–Kier alpha value is -2.89. The van der Waals surface area contributed by atoms with E-state index < -0.39 is 0 Å². The molecule has 6 heteroatoms. The van der Waals surface area contributed by atoms with Crippen molar-refractivity contribution < 1.29 is 19.0 Å².